The first kappa shape index (κ1) is 14.3. The predicted octanol–water partition coefficient (Wildman–Crippen LogP) is 3.46. The van der Waals surface area contributed by atoms with Gasteiger partial charge in [0, 0.05) is 19.3 Å². The van der Waals surface area contributed by atoms with Gasteiger partial charge in [0.2, 0.25) is 0 Å². The summed E-state index contributed by atoms with van der Waals surface area (Å²) in [6.45, 7) is 5.50. The Morgan fingerprint density at radius 3 is 2.84 bits per heavy atom. The highest BCUT2D eigenvalue weighted by molar-refractivity contribution is 7.08. The molecule has 0 aromatic carbocycles. The van der Waals surface area contributed by atoms with Crippen LogP contribution in [0.2, 0.25) is 0 Å². The van der Waals surface area contributed by atoms with Crippen molar-refractivity contribution in [2.24, 2.45) is 7.05 Å². The molecule has 19 heavy (non-hydrogen) atoms. The molecule has 104 valence electrons. The Morgan fingerprint density at radius 2 is 2.26 bits per heavy atom. The molecule has 0 aliphatic carbocycles. The van der Waals surface area contributed by atoms with Crippen molar-refractivity contribution < 1.29 is 0 Å². The van der Waals surface area contributed by atoms with Gasteiger partial charge in [0.05, 0.1) is 6.20 Å². The van der Waals surface area contributed by atoms with E-state index in [4.69, 9.17) is 0 Å². The van der Waals surface area contributed by atoms with Crippen LogP contribution in [-0.4, -0.2) is 16.3 Å². The van der Waals surface area contributed by atoms with Gasteiger partial charge in [-0.05, 0) is 60.2 Å². The zero-order valence-electron chi connectivity index (χ0n) is 12.0. The maximum Gasteiger partial charge on any atom is 0.0521 e. The molecule has 1 atom stereocenters. The molecule has 1 unspecified atom stereocenters. The minimum atomic E-state index is 0.464. The zero-order chi connectivity index (χ0) is 13.7. The van der Waals surface area contributed by atoms with Gasteiger partial charge in [0.1, 0.15) is 0 Å². The van der Waals surface area contributed by atoms with Crippen molar-refractivity contribution >= 4 is 11.3 Å². The molecule has 2 aromatic heterocycles. The van der Waals surface area contributed by atoms with Crippen molar-refractivity contribution in [3.63, 3.8) is 0 Å². The van der Waals surface area contributed by atoms with E-state index < -0.39 is 0 Å². The lowest BCUT2D eigenvalue weighted by molar-refractivity contribution is 0.498. The van der Waals surface area contributed by atoms with Crippen molar-refractivity contribution in [2.75, 3.05) is 6.54 Å². The summed E-state index contributed by atoms with van der Waals surface area (Å²) in [5, 5.41) is 12.4. The largest absolute Gasteiger partial charge is 0.310 e. The van der Waals surface area contributed by atoms with Crippen LogP contribution >= 0.6 is 11.3 Å². The maximum atomic E-state index is 4.24. The summed E-state index contributed by atoms with van der Waals surface area (Å²) in [6.07, 6.45) is 7.45. The number of thiophene rings is 1. The van der Waals surface area contributed by atoms with Crippen LogP contribution in [0.15, 0.2) is 23.2 Å². The summed E-state index contributed by atoms with van der Waals surface area (Å²) in [5.74, 6) is 0. The summed E-state index contributed by atoms with van der Waals surface area (Å²) in [6, 6.07) is 0.464. The van der Waals surface area contributed by atoms with Crippen molar-refractivity contribution in [3.8, 4) is 0 Å². The van der Waals surface area contributed by atoms with Gasteiger partial charge in [-0.15, -0.1) is 0 Å². The number of aromatic nitrogens is 2. The first-order valence-electron chi connectivity index (χ1n) is 6.94. The van der Waals surface area contributed by atoms with Crippen LogP contribution in [0.3, 0.4) is 0 Å². The van der Waals surface area contributed by atoms with Crippen LogP contribution in [0.4, 0.5) is 0 Å². The normalized spacial score (nSPS) is 12.8. The minimum Gasteiger partial charge on any atom is -0.310 e. The molecule has 0 saturated heterocycles. The molecule has 0 spiro atoms. The summed E-state index contributed by atoms with van der Waals surface area (Å²) in [4.78, 5) is 0. The van der Waals surface area contributed by atoms with Gasteiger partial charge in [-0.1, -0.05) is 6.92 Å². The molecule has 0 amide bonds. The lowest BCUT2D eigenvalue weighted by Gasteiger charge is -2.18. The number of hydrogen-bond acceptors (Lipinski definition) is 3. The monoisotopic (exact) mass is 277 g/mol. The van der Waals surface area contributed by atoms with Crippen LogP contribution < -0.4 is 5.32 Å². The van der Waals surface area contributed by atoms with E-state index in [1.807, 2.05) is 17.9 Å². The number of hydrogen-bond donors (Lipinski definition) is 1. The third kappa shape index (κ3) is 3.91. The Bertz CT molecular complexity index is 501. The van der Waals surface area contributed by atoms with Crippen LogP contribution in [0.5, 0.6) is 0 Å². The number of rotatable bonds is 7. The third-order valence-electron chi connectivity index (χ3n) is 3.39. The standard InChI is InChI=1S/C15H23N3S/c1-4-7-16-15(14-11-19-10-12(14)2)6-5-13-8-17-18(3)9-13/h8-11,15-16H,4-7H2,1-3H3. The predicted molar refractivity (Wildman–Crippen MR) is 81.6 cm³/mol. The Hall–Kier alpha value is -1.13. The zero-order valence-corrected chi connectivity index (χ0v) is 12.8. The van der Waals surface area contributed by atoms with Gasteiger partial charge >= 0.3 is 0 Å². The van der Waals surface area contributed by atoms with Gasteiger partial charge < -0.3 is 5.32 Å². The molecule has 1 N–H and O–H groups in total. The van der Waals surface area contributed by atoms with Crippen LogP contribution in [-0.2, 0) is 13.5 Å². The fourth-order valence-corrected chi connectivity index (χ4v) is 3.23. The van der Waals surface area contributed by atoms with E-state index in [0.717, 1.165) is 19.4 Å². The number of nitrogens with one attached hydrogen (secondary N) is 1. The second kappa shape index (κ2) is 6.87. The fourth-order valence-electron chi connectivity index (χ4n) is 2.33. The highest BCUT2D eigenvalue weighted by Crippen LogP contribution is 2.25. The van der Waals surface area contributed by atoms with Crippen molar-refractivity contribution in [1.82, 2.24) is 15.1 Å². The van der Waals surface area contributed by atoms with Crippen molar-refractivity contribution in [1.29, 1.82) is 0 Å². The summed E-state index contributed by atoms with van der Waals surface area (Å²) < 4.78 is 1.87. The second-order valence-corrected chi connectivity index (χ2v) is 5.82. The Morgan fingerprint density at radius 1 is 1.42 bits per heavy atom. The smallest absolute Gasteiger partial charge is 0.0521 e. The number of nitrogens with zero attached hydrogens (tertiary/aromatic N) is 2. The molecular formula is C15H23N3S. The summed E-state index contributed by atoms with van der Waals surface area (Å²) in [5.41, 5.74) is 4.19. The quantitative estimate of drug-likeness (QED) is 0.840. The molecule has 4 heteroatoms. The Labute approximate surface area is 119 Å². The molecule has 0 aliphatic rings. The number of aryl methyl sites for hydroxylation is 3. The van der Waals surface area contributed by atoms with Gasteiger partial charge in [-0.2, -0.15) is 16.4 Å². The van der Waals surface area contributed by atoms with E-state index in [2.05, 4.69) is 41.2 Å². The van der Waals surface area contributed by atoms with Gasteiger partial charge in [-0.3, -0.25) is 4.68 Å². The van der Waals surface area contributed by atoms with E-state index in [1.165, 1.54) is 23.1 Å². The molecule has 0 aliphatic heterocycles. The van der Waals surface area contributed by atoms with Gasteiger partial charge in [0.25, 0.3) is 0 Å². The van der Waals surface area contributed by atoms with E-state index in [0.29, 0.717) is 6.04 Å². The Balaban J connectivity index is 2.00. The second-order valence-electron chi connectivity index (χ2n) is 5.08. The molecule has 2 rings (SSSR count). The van der Waals surface area contributed by atoms with E-state index >= 15 is 0 Å². The van der Waals surface area contributed by atoms with E-state index in [1.54, 1.807) is 11.3 Å². The van der Waals surface area contributed by atoms with Crippen LogP contribution in [0.25, 0.3) is 0 Å². The molecule has 2 aromatic rings. The fraction of sp³-hybridized carbons (Fsp3) is 0.533. The Kier molecular flexibility index (Phi) is 5.16. The lowest BCUT2D eigenvalue weighted by atomic mass is 10.00. The molecule has 3 nitrogen and oxygen atoms in total. The third-order valence-corrected chi connectivity index (χ3v) is 4.27. The van der Waals surface area contributed by atoms with Crippen molar-refractivity contribution in [3.05, 3.63) is 39.8 Å². The molecule has 0 radical (unpaired) electrons. The van der Waals surface area contributed by atoms with E-state index in [-0.39, 0.29) is 0 Å². The van der Waals surface area contributed by atoms with Gasteiger partial charge in [-0.25, -0.2) is 0 Å². The average Bonchev–Trinajstić information content (AvgIpc) is 2.99. The molecule has 2 heterocycles. The lowest BCUT2D eigenvalue weighted by Crippen LogP contribution is -2.22. The van der Waals surface area contributed by atoms with Crippen LogP contribution in [0, 0.1) is 6.92 Å². The molecular weight excluding hydrogens is 254 g/mol. The highest BCUT2D eigenvalue weighted by atomic mass is 32.1. The van der Waals surface area contributed by atoms with Gasteiger partial charge in [0.15, 0.2) is 0 Å². The maximum absolute atomic E-state index is 4.24. The minimum absolute atomic E-state index is 0.464. The topological polar surface area (TPSA) is 29.9 Å². The highest BCUT2D eigenvalue weighted by Gasteiger charge is 2.14. The first-order valence-corrected chi connectivity index (χ1v) is 7.88. The van der Waals surface area contributed by atoms with E-state index in [9.17, 15) is 0 Å². The average molecular weight is 277 g/mol. The molecule has 0 bridgehead atoms. The molecule has 0 saturated carbocycles. The SMILES string of the molecule is CCCNC(CCc1cnn(C)c1)c1cscc1C. The van der Waals surface area contributed by atoms with Crippen molar-refractivity contribution in [2.45, 2.75) is 39.2 Å². The molecule has 0 fully saturated rings. The first-order chi connectivity index (χ1) is 9.20. The summed E-state index contributed by atoms with van der Waals surface area (Å²) in [7, 11) is 1.97. The van der Waals surface area contributed by atoms with Crippen LogP contribution in [0.1, 0.15) is 42.5 Å². The summed E-state index contributed by atoms with van der Waals surface area (Å²) >= 11 is 1.80.